The number of rotatable bonds is 5. The summed E-state index contributed by atoms with van der Waals surface area (Å²) in [4.78, 5) is 28.3. The van der Waals surface area contributed by atoms with Gasteiger partial charge in [0.05, 0.1) is 13.2 Å². The fourth-order valence-electron chi connectivity index (χ4n) is 6.76. The van der Waals surface area contributed by atoms with Crippen molar-refractivity contribution < 1.29 is 28.5 Å². The molecule has 3 aliphatic heterocycles. The molecule has 0 aromatic heterocycles. The van der Waals surface area contributed by atoms with E-state index >= 15 is 0 Å². The van der Waals surface area contributed by atoms with Crippen molar-refractivity contribution in [2.45, 2.75) is 49.7 Å². The Kier molecular flexibility index (Phi) is 5.10. The lowest BCUT2D eigenvalue weighted by Gasteiger charge is -2.57. The molecule has 0 N–H and O–H groups in total. The van der Waals surface area contributed by atoms with Gasteiger partial charge in [0.25, 0.3) is 0 Å². The highest BCUT2D eigenvalue weighted by Crippen LogP contribution is 2.62. The molecule has 0 saturated carbocycles. The number of likely N-dealkylation sites (N-methyl/N-ethyl adjacent to an activating group) is 1. The molecule has 0 amide bonds. The first-order valence-corrected chi connectivity index (χ1v) is 11.9. The van der Waals surface area contributed by atoms with E-state index < -0.39 is 6.23 Å². The summed E-state index contributed by atoms with van der Waals surface area (Å²) in [5, 5.41) is 0. The van der Waals surface area contributed by atoms with Gasteiger partial charge in [0.15, 0.2) is 24.0 Å². The first-order valence-electron chi connectivity index (χ1n) is 11.9. The Labute approximate surface area is 193 Å². The minimum Gasteiger partial charge on any atom is -0.482 e. The normalized spacial score (nSPS) is 35.5. The van der Waals surface area contributed by atoms with Gasteiger partial charge in [-0.3, -0.25) is 14.5 Å². The zero-order chi connectivity index (χ0) is 22.7. The van der Waals surface area contributed by atoms with Crippen LogP contribution in [0.1, 0.15) is 24.5 Å². The molecular weight excluding hydrogens is 424 g/mol. The Bertz CT molecular complexity index is 1000. The fourth-order valence-corrected chi connectivity index (χ4v) is 6.76. The van der Waals surface area contributed by atoms with Crippen LogP contribution in [0, 0.1) is 5.92 Å². The molecule has 1 spiro atoms. The quantitative estimate of drug-likeness (QED) is 0.285. The van der Waals surface area contributed by atoms with Crippen LogP contribution >= 0.6 is 0 Å². The van der Waals surface area contributed by atoms with Crippen LogP contribution in [0.15, 0.2) is 24.3 Å². The van der Waals surface area contributed by atoms with Crippen LogP contribution in [-0.4, -0.2) is 86.4 Å². The lowest BCUT2D eigenvalue weighted by molar-refractivity contribution is -0.160. The Morgan fingerprint density at radius 2 is 2.06 bits per heavy atom. The molecular formula is C25H30N2O6. The number of hydrogen-bond donors (Lipinski definition) is 0. The number of nitrogens with zero attached hydrogens (tertiary/aromatic N) is 2. The molecule has 1 aromatic rings. The first kappa shape index (κ1) is 21.3. The molecule has 0 radical (unpaired) electrons. The summed E-state index contributed by atoms with van der Waals surface area (Å²) in [5.41, 5.74) is 2.17. The van der Waals surface area contributed by atoms with E-state index in [1.807, 2.05) is 11.0 Å². The molecule has 2 saturated heterocycles. The molecule has 6 rings (SSSR count). The van der Waals surface area contributed by atoms with Crippen LogP contribution in [0.2, 0.25) is 0 Å². The monoisotopic (exact) mass is 454 g/mol. The zero-order valence-electron chi connectivity index (χ0n) is 19.1. The number of aldehydes is 1. The summed E-state index contributed by atoms with van der Waals surface area (Å²) in [6.45, 7) is 4.87. The summed E-state index contributed by atoms with van der Waals surface area (Å²) in [7, 11) is 2.19. The number of likely N-dealkylation sites (tertiary alicyclic amines) is 1. The summed E-state index contributed by atoms with van der Waals surface area (Å²) in [6.07, 6.45) is 5.78. The molecule has 8 nitrogen and oxygen atoms in total. The summed E-state index contributed by atoms with van der Waals surface area (Å²) >= 11 is 0. The Morgan fingerprint density at radius 3 is 2.82 bits per heavy atom. The summed E-state index contributed by atoms with van der Waals surface area (Å²) in [5.74, 6) is 1.06. The van der Waals surface area contributed by atoms with E-state index in [1.165, 1.54) is 18.1 Å². The van der Waals surface area contributed by atoms with Gasteiger partial charge in [-0.05, 0) is 38.1 Å². The Hall–Kier alpha value is -2.26. The molecule has 176 valence electrons. The molecule has 3 heterocycles. The SMILES string of the molecule is CC(=O)Oc1ccc2c3c1OC1C(OC(C=O)N4CCOCC4)C=C[C@H]4[C@@H](C2)N(C)CC[C@]314. The number of benzene rings is 1. The summed E-state index contributed by atoms with van der Waals surface area (Å²) < 4.78 is 24.1. The summed E-state index contributed by atoms with van der Waals surface area (Å²) in [6, 6.07) is 4.31. The second-order valence-electron chi connectivity index (χ2n) is 9.79. The average Bonchev–Trinajstić information content (AvgIpc) is 3.17. The highest BCUT2D eigenvalue weighted by Gasteiger charge is 2.65. The van der Waals surface area contributed by atoms with Crippen LogP contribution in [0.5, 0.6) is 11.5 Å². The molecule has 2 fully saturated rings. The van der Waals surface area contributed by atoms with Crippen molar-refractivity contribution >= 4 is 12.3 Å². The average molecular weight is 455 g/mol. The molecule has 3 unspecified atom stereocenters. The van der Waals surface area contributed by atoms with Gasteiger partial charge < -0.3 is 23.8 Å². The highest BCUT2D eigenvalue weighted by atomic mass is 16.6. The molecule has 6 atom stereocenters. The molecule has 5 aliphatic rings. The van der Waals surface area contributed by atoms with Crippen LogP contribution in [-0.2, 0) is 30.9 Å². The van der Waals surface area contributed by atoms with Gasteiger partial charge in [0, 0.05) is 43.0 Å². The molecule has 2 aliphatic carbocycles. The Balaban J connectivity index is 1.41. The standard InChI is InChI=1S/C25H30N2O6/c1-15(29)31-19-5-3-16-13-18-17-4-6-20(32-21(14-28)27-9-11-30-12-10-27)24-25(17,7-8-26(18)2)22(16)23(19)33-24/h3-6,14,17-18,20-21,24H,7-13H2,1-2H3/t17-,18+,20?,21?,24?,25-/m0/s1. The van der Waals surface area contributed by atoms with Crippen molar-refractivity contribution in [3.05, 3.63) is 35.4 Å². The third-order valence-corrected chi connectivity index (χ3v) is 8.19. The van der Waals surface area contributed by atoms with Crippen molar-refractivity contribution in [3.63, 3.8) is 0 Å². The Morgan fingerprint density at radius 1 is 1.24 bits per heavy atom. The predicted octanol–water partition coefficient (Wildman–Crippen LogP) is 1.30. The van der Waals surface area contributed by atoms with Gasteiger partial charge in [-0.15, -0.1) is 0 Å². The van der Waals surface area contributed by atoms with Crippen molar-refractivity contribution in [1.82, 2.24) is 9.80 Å². The highest BCUT2D eigenvalue weighted by molar-refractivity contribution is 5.72. The van der Waals surface area contributed by atoms with E-state index in [2.05, 4.69) is 30.2 Å². The third kappa shape index (κ3) is 3.11. The van der Waals surface area contributed by atoms with Crippen LogP contribution in [0.25, 0.3) is 0 Å². The predicted molar refractivity (Wildman–Crippen MR) is 118 cm³/mol. The van der Waals surface area contributed by atoms with E-state index in [4.69, 9.17) is 18.9 Å². The number of hydrogen-bond acceptors (Lipinski definition) is 8. The van der Waals surface area contributed by atoms with Crippen molar-refractivity contribution in [2.24, 2.45) is 5.92 Å². The largest absolute Gasteiger partial charge is 0.482 e. The maximum Gasteiger partial charge on any atom is 0.308 e. The van der Waals surface area contributed by atoms with E-state index in [9.17, 15) is 9.59 Å². The van der Waals surface area contributed by atoms with E-state index in [0.717, 1.165) is 25.7 Å². The minimum atomic E-state index is -0.651. The van der Waals surface area contributed by atoms with Crippen LogP contribution in [0.3, 0.4) is 0 Å². The van der Waals surface area contributed by atoms with Crippen LogP contribution < -0.4 is 9.47 Å². The molecule has 8 heteroatoms. The number of ether oxygens (including phenoxy) is 4. The maximum absolute atomic E-state index is 12.0. The second-order valence-corrected chi connectivity index (χ2v) is 9.79. The van der Waals surface area contributed by atoms with E-state index in [0.29, 0.717) is 43.8 Å². The number of carbonyl (C=O) groups excluding carboxylic acids is 2. The fraction of sp³-hybridized carbons (Fsp3) is 0.600. The molecule has 1 aromatic carbocycles. The maximum atomic E-state index is 12.0. The van der Waals surface area contributed by atoms with Crippen LogP contribution in [0.4, 0.5) is 0 Å². The van der Waals surface area contributed by atoms with Gasteiger partial charge in [0.2, 0.25) is 0 Å². The van der Waals surface area contributed by atoms with E-state index in [-0.39, 0.29) is 29.5 Å². The van der Waals surface area contributed by atoms with Crippen molar-refractivity contribution in [1.29, 1.82) is 0 Å². The van der Waals surface area contributed by atoms with Gasteiger partial charge in [-0.25, -0.2) is 0 Å². The lowest BCUT2D eigenvalue weighted by atomic mass is 9.53. The van der Waals surface area contributed by atoms with Crippen molar-refractivity contribution in [2.75, 3.05) is 39.9 Å². The number of carbonyl (C=O) groups is 2. The number of piperidine rings is 1. The second kappa shape index (κ2) is 7.91. The van der Waals surface area contributed by atoms with E-state index in [1.54, 1.807) is 0 Å². The number of morpholine rings is 1. The topological polar surface area (TPSA) is 77.5 Å². The van der Waals surface area contributed by atoms with Gasteiger partial charge in [-0.1, -0.05) is 18.2 Å². The van der Waals surface area contributed by atoms with Crippen molar-refractivity contribution in [3.8, 4) is 11.5 Å². The van der Waals surface area contributed by atoms with Gasteiger partial charge in [0.1, 0.15) is 12.2 Å². The smallest absolute Gasteiger partial charge is 0.308 e. The van der Waals surface area contributed by atoms with Gasteiger partial charge >= 0.3 is 5.97 Å². The van der Waals surface area contributed by atoms with Gasteiger partial charge in [-0.2, -0.15) is 0 Å². The zero-order valence-corrected chi connectivity index (χ0v) is 19.1. The third-order valence-electron chi connectivity index (χ3n) is 8.19. The first-order chi connectivity index (χ1) is 16.0. The molecule has 2 bridgehead atoms. The minimum absolute atomic E-state index is 0.256. The lowest BCUT2D eigenvalue weighted by Crippen LogP contribution is -2.65. The number of esters is 1. The molecule has 33 heavy (non-hydrogen) atoms.